The van der Waals surface area contributed by atoms with Crippen molar-refractivity contribution in [1.29, 1.82) is 0 Å². The van der Waals surface area contributed by atoms with Gasteiger partial charge in [-0.25, -0.2) is 0 Å². The summed E-state index contributed by atoms with van der Waals surface area (Å²) in [5.74, 6) is 0. The third-order valence-electron chi connectivity index (χ3n) is 1.92. The first-order chi connectivity index (χ1) is 5.74. The summed E-state index contributed by atoms with van der Waals surface area (Å²) in [6, 6.07) is 0.0558. The third-order valence-corrected chi connectivity index (χ3v) is 2.05. The Morgan fingerprint density at radius 1 is 1.75 bits per heavy atom. The number of thiocarbonyl (C=S) groups is 1. The Balaban J connectivity index is 2.41. The highest BCUT2D eigenvalue weighted by Gasteiger charge is 2.21. The van der Waals surface area contributed by atoms with Crippen molar-refractivity contribution in [3.63, 3.8) is 0 Å². The number of nitrogens with two attached hydrogens (primary N) is 1. The van der Waals surface area contributed by atoms with E-state index >= 15 is 0 Å². The Bertz CT molecular complexity index is 165. The second-order valence-electron chi connectivity index (χ2n) is 2.85. The van der Waals surface area contributed by atoms with E-state index in [4.69, 9.17) is 27.8 Å². The van der Waals surface area contributed by atoms with Crippen molar-refractivity contribution in [2.75, 3.05) is 32.9 Å². The van der Waals surface area contributed by atoms with Crippen LogP contribution in [0.4, 0.5) is 0 Å². The summed E-state index contributed by atoms with van der Waals surface area (Å²) in [6.45, 7) is 2.73. The maximum Gasteiger partial charge on any atom is 0.0870 e. The van der Waals surface area contributed by atoms with Crippen LogP contribution in [0.5, 0.6) is 0 Å². The fourth-order valence-electron chi connectivity index (χ4n) is 1.27. The number of aliphatic hydroxyl groups is 1. The summed E-state index contributed by atoms with van der Waals surface area (Å²) < 4.78 is 5.20. The Labute approximate surface area is 77.3 Å². The van der Waals surface area contributed by atoms with E-state index in [1.807, 2.05) is 4.90 Å². The zero-order valence-electron chi connectivity index (χ0n) is 6.90. The summed E-state index contributed by atoms with van der Waals surface area (Å²) in [5, 5.41) is 8.97. The summed E-state index contributed by atoms with van der Waals surface area (Å²) >= 11 is 4.79. The number of ether oxygens (including phenoxy) is 1. The van der Waals surface area contributed by atoms with Gasteiger partial charge in [0.1, 0.15) is 0 Å². The first kappa shape index (κ1) is 9.85. The molecule has 0 saturated carbocycles. The SMILES string of the molecule is NC(=S)CN1CCOCC1CO. The van der Waals surface area contributed by atoms with Gasteiger partial charge in [0.25, 0.3) is 0 Å². The van der Waals surface area contributed by atoms with Crippen LogP contribution in [-0.4, -0.2) is 53.9 Å². The molecule has 4 nitrogen and oxygen atoms in total. The van der Waals surface area contributed by atoms with Crippen LogP contribution in [0.15, 0.2) is 0 Å². The van der Waals surface area contributed by atoms with Crippen LogP contribution in [0, 0.1) is 0 Å². The highest BCUT2D eigenvalue weighted by molar-refractivity contribution is 7.80. The molecule has 12 heavy (non-hydrogen) atoms. The van der Waals surface area contributed by atoms with Crippen LogP contribution in [0.25, 0.3) is 0 Å². The third kappa shape index (κ3) is 2.67. The highest BCUT2D eigenvalue weighted by atomic mass is 32.1. The number of nitrogens with zero attached hydrogens (tertiary/aromatic N) is 1. The van der Waals surface area contributed by atoms with Crippen molar-refractivity contribution in [1.82, 2.24) is 4.90 Å². The van der Waals surface area contributed by atoms with Gasteiger partial charge < -0.3 is 15.6 Å². The van der Waals surface area contributed by atoms with Crippen molar-refractivity contribution in [3.05, 3.63) is 0 Å². The molecule has 0 amide bonds. The molecular formula is C7H14N2O2S. The lowest BCUT2D eigenvalue weighted by atomic mass is 10.2. The van der Waals surface area contributed by atoms with E-state index in [1.54, 1.807) is 0 Å². The van der Waals surface area contributed by atoms with Gasteiger partial charge in [0.05, 0.1) is 30.9 Å². The zero-order chi connectivity index (χ0) is 8.97. The summed E-state index contributed by atoms with van der Waals surface area (Å²) in [6.07, 6.45) is 0. The number of hydrogen-bond acceptors (Lipinski definition) is 4. The molecule has 0 aliphatic carbocycles. The smallest absolute Gasteiger partial charge is 0.0870 e. The molecule has 1 heterocycles. The minimum atomic E-state index is 0.0558. The van der Waals surface area contributed by atoms with Crippen molar-refractivity contribution in [2.24, 2.45) is 5.73 Å². The molecule has 1 aliphatic heterocycles. The van der Waals surface area contributed by atoms with Crippen molar-refractivity contribution < 1.29 is 9.84 Å². The topological polar surface area (TPSA) is 58.7 Å². The zero-order valence-corrected chi connectivity index (χ0v) is 7.72. The minimum absolute atomic E-state index is 0.0558. The molecule has 0 radical (unpaired) electrons. The fraction of sp³-hybridized carbons (Fsp3) is 0.857. The molecule has 5 heteroatoms. The van der Waals surface area contributed by atoms with Gasteiger partial charge in [0.2, 0.25) is 0 Å². The predicted molar refractivity (Wildman–Crippen MR) is 50.1 cm³/mol. The van der Waals surface area contributed by atoms with Crippen LogP contribution in [0.2, 0.25) is 0 Å². The van der Waals surface area contributed by atoms with E-state index in [0.717, 1.165) is 6.54 Å². The van der Waals surface area contributed by atoms with Gasteiger partial charge in [-0.1, -0.05) is 12.2 Å². The molecule has 1 unspecified atom stereocenters. The first-order valence-corrected chi connectivity index (χ1v) is 4.36. The molecule has 1 atom stereocenters. The van der Waals surface area contributed by atoms with Gasteiger partial charge in [-0.2, -0.15) is 0 Å². The average molecular weight is 190 g/mol. The molecule has 0 aromatic carbocycles. The second kappa shape index (κ2) is 4.71. The molecule has 0 spiro atoms. The number of rotatable bonds is 3. The van der Waals surface area contributed by atoms with Gasteiger partial charge in [-0.05, 0) is 0 Å². The van der Waals surface area contributed by atoms with Crippen molar-refractivity contribution in [2.45, 2.75) is 6.04 Å². The predicted octanol–water partition coefficient (Wildman–Crippen LogP) is -1.03. The summed E-state index contributed by atoms with van der Waals surface area (Å²) in [4.78, 5) is 2.52. The van der Waals surface area contributed by atoms with Crippen LogP contribution < -0.4 is 5.73 Å². The van der Waals surface area contributed by atoms with E-state index in [0.29, 0.717) is 24.7 Å². The molecule has 1 fully saturated rings. The Hall–Kier alpha value is -0.230. The molecule has 0 bridgehead atoms. The fourth-order valence-corrected chi connectivity index (χ4v) is 1.43. The molecule has 0 aromatic rings. The molecular weight excluding hydrogens is 176 g/mol. The average Bonchev–Trinajstić information content (AvgIpc) is 2.04. The lowest BCUT2D eigenvalue weighted by Crippen LogP contribution is -2.50. The Kier molecular flexibility index (Phi) is 3.87. The Morgan fingerprint density at radius 2 is 2.50 bits per heavy atom. The standard InChI is InChI=1S/C7H14N2O2S/c8-7(12)3-9-1-2-11-5-6(9)4-10/h6,10H,1-5H2,(H2,8,12). The lowest BCUT2D eigenvalue weighted by molar-refractivity contribution is -0.0199. The van der Waals surface area contributed by atoms with Gasteiger partial charge in [-0.15, -0.1) is 0 Å². The van der Waals surface area contributed by atoms with E-state index < -0.39 is 0 Å². The Morgan fingerprint density at radius 3 is 3.08 bits per heavy atom. The van der Waals surface area contributed by atoms with Crippen LogP contribution in [0.3, 0.4) is 0 Å². The highest BCUT2D eigenvalue weighted by Crippen LogP contribution is 2.05. The van der Waals surface area contributed by atoms with Gasteiger partial charge in [-0.3, -0.25) is 4.90 Å². The molecule has 1 aliphatic rings. The van der Waals surface area contributed by atoms with Crippen molar-refractivity contribution in [3.8, 4) is 0 Å². The maximum absolute atomic E-state index is 8.97. The van der Waals surface area contributed by atoms with E-state index in [9.17, 15) is 0 Å². The minimum Gasteiger partial charge on any atom is -0.395 e. The molecule has 1 rings (SSSR count). The quantitative estimate of drug-likeness (QED) is 0.557. The van der Waals surface area contributed by atoms with E-state index in [1.165, 1.54) is 0 Å². The number of aliphatic hydroxyl groups excluding tert-OH is 1. The maximum atomic E-state index is 8.97. The summed E-state index contributed by atoms with van der Waals surface area (Å²) in [5.41, 5.74) is 5.41. The van der Waals surface area contributed by atoms with E-state index in [-0.39, 0.29) is 12.6 Å². The summed E-state index contributed by atoms with van der Waals surface area (Å²) in [7, 11) is 0. The van der Waals surface area contributed by atoms with Gasteiger partial charge in [0.15, 0.2) is 0 Å². The lowest BCUT2D eigenvalue weighted by Gasteiger charge is -2.33. The van der Waals surface area contributed by atoms with Crippen LogP contribution in [0.1, 0.15) is 0 Å². The van der Waals surface area contributed by atoms with Gasteiger partial charge in [0, 0.05) is 13.1 Å². The second-order valence-corrected chi connectivity index (χ2v) is 3.37. The van der Waals surface area contributed by atoms with Crippen molar-refractivity contribution >= 4 is 17.2 Å². The molecule has 1 saturated heterocycles. The molecule has 70 valence electrons. The van der Waals surface area contributed by atoms with Crippen LogP contribution in [-0.2, 0) is 4.74 Å². The number of hydrogen-bond donors (Lipinski definition) is 2. The van der Waals surface area contributed by atoms with Gasteiger partial charge >= 0.3 is 0 Å². The normalized spacial score (nSPS) is 25.6. The molecule has 3 N–H and O–H groups in total. The largest absolute Gasteiger partial charge is 0.395 e. The number of morpholine rings is 1. The molecule has 0 aromatic heterocycles. The monoisotopic (exact) mass is 190 g/mol. The van der Waals surface area contributed by atoms with E-state index in [2.05, 4.69) is 0 Å². The van der Waals surface area contributed by atoms with Crippen LogP contribution >= 0.6 is 12.2 Å². The first-order valence-electron chi connectivity index (χ1n) is 3.95.